The number of halogens is 2. The van der Waals surface area contributed by atoms with Gasteiger partial charge in [-0.15, -0.1) is 0 Å². The van der Waals surface area contributed by atoms with Crippen LogP contribution in [-0.4, -0.2) is 39.4 Å². The lowest BCUT2D eigenvalue weighted by Gasteiger charge is -2.14. The van der Waals surface area contributed by atoms with Crippen LogP contribution < -0.4 is 5.32 Å². The van der Waals surface area contributed by atoms with E-state index in [9.17, 15) is 14.3 Å². The molecular formula is C15H12FIN3O2+. The standard InChI is InChI=1S/C15H11FIN3O2/c16-12-5-9(17)1-2-13(12)19-14-6-18-4-3-11(14)15(22)20-7-10(21)8-20/h1-7,10,21H,8H2/p+1. The predicted molar refractivity (Wildman–Crippen MR) is 88.2 cm³/mol. The highest BCUT2D eigenvalue weighted by Gasteiger charge is 2.33. The molecule has 0 fully saturated rings. The molecule has 2 N–H and O–H groups in total. The predicted octanol–water partition coefficient (Wildman–Crippen LogP) is 2.17. The van der Waals surface area contributed by atoms with Gasteiger partial charge in [0.1, 0.15) is 11.4 Å². The third-order valence-electron chi connectivity index (χ3n) is 3.25. The van der Waals surface area contributed by atoms with Crippen LogP contribution in [-0.2, 0) is 0 Å². The summed E-state index contributed by atoms with van der Waals surface area (Å²) in [6.07, 6.45) is 3.83. The molecule has 112 valence electrons. The number of pyridine rings is 1. The van der Waals surface area contributed by atoms with Crippen LogP contribution in [0, 0.1) is 9.39 Å². The number of nitrogens with zero attached hydrogens (tertiary/aromatic N) is 2. The quantitative estimate of drug-likeness (QED) is 0.600. The Kier molecular flexibility index (Phi) is 4.16. The maximum atomic E-state index is 13.9. The van der Waals surface area contributed by atoms with Gasteiger partial charge in [0.05, 0.1) is 17.6 Å². The third kappa shape index (κ3) is 3.00. The second-order valence-electron chi connectivity index (χ2n) is 4.84. The molecule has 0 saturated heterocycles. The summed E-state index contributed by atoms with van der Waals surface area (Å²) in [6.45, 7) is 0.262. The van der Waals surface area contributed by atoms with Crippen LogP contribution in [0.5, 0.6) is 0 Å². The van der Waals surface area contributed by atoms with Gasteiger partial charge in [0.15, 0.2) is 18.9 Å². The first-order valence-electron chi connectivity index (χ1n) is 6.55. The number of rotatable bonds is 3. The van der Waals surface area contributed by atoms with Gasteiger partial charge in [0.25, 0.3) is 0 Å². The van der Waals surface area contributed by atoms with Gasteiger partial charge in [-0.05, 0) is 46.9 Å². The van der Waals surface area contributed by atoms with Gasteiger partial charge in [0.2, 0.25) is 0 Å². The van der Waals surface area contributed by atoms with Crippen molar-refractivity contribution in [1.82, 2.24) is 4.98 Å². The number of aliphatic hydroxyl groups is 1. The zero-order valence-electron chi connectivity index (χ0n) is 11.3. The summed E-state index contributed by atoms with van der Waals surface area (Å²) in [7, 11) is 0. The molecule has 1 aromatic heterocycles. The van der Waals surface area contributed by atoms with E-state index < -0.39 is 11.9 Å². The molecule has 2 heterocycles. The van der Waals surface area contributed by atoms with Gasteiger partial charge in [-0.2, -0.15) is 4.58 Å². The Hall–Kier alpha value is -1.87. The molecule has 0 aliphatic carbocycles. The van der Waals surface area contributed by atoms with Crippen molar-refractivity contribution in [3.8, 4) is 0 Å². The van der Waals surface area contributed by atoms with E-state index in [0.717, 1.165) is 3.57 Å². The van der Waals surface area contributed by atoms with Crippen molar-refractivity contribution in [1.29, 1.82) is 0 Å². The third-order valence-corrected chi connectivity index (χ3v) is 3.92. The molecule has 1 atom stereocenters. The Morgan fingerprint density at radius 2 is 2.18 bits per heavy atom. The number of nitrogens with one attached hydrogen (secondary N) is 1. The van der Waals surface area contributed by atoms with E-state index >= 15 is 0 Å². The Balaban J connectivity index is 1.91. The number of aliphatic hydroxyl groups excluding tert-OH is 1. The minimum atomic E-state index is -0.587. The first-order chi connectivity index (χ1) is 10.5. The highest BCUT2D eigenvalue weighted by molar-refractivity contribution is 14.1. The number of benzene rings is 1. The summed E-state index contributed by atoms with van der Waals surface area (Å²) in [5.41, 5.74) is 1.06. The van der Waals surface area contributed by atoms with Crippen LogP contribution in [0.2, 0.25) is 0 Å². The zero-order chi connectivity index (χ0) is 15.7. The van der Waals surface area contributed by atoms with E-state index in [4.69, 9.17) is 0 Å². The normalized spacial score (nSPS) is 16.7. The number of hydrogen-bond donors (Lipinski definition) is 2. The van der Waals surface area contributed by atoms with Crippen molar-refractivity contribution in [2.45, 2.75) is 6.10 Å². The number of amides is 1. The number of hydrogen-bond acceptors (Lipinski definition) is 4. The van der Waals surface area contributed by atoms with E-state index in [1.807, 2.05) is 22.6 Å². The molecule has 22 heavy (non-hydrogen) atoms. The first-order valence-corrected chi connectivity index (χ1v) is 7.62. The van der Waals surface area contributed by atoms with Crippen LogP contribution in [0.3, 0.4) is 0 Å². The maximum Gasteiger partial charge on any atom is 0.421 e. The molecule has 2 aromatic rings. The van der Waals surface area contributed by atoms with Crippen LogP contribution in [0.15, 0.2) is 36.7 Å². The van der Waals surface area contributed by atoms with Crippen molar-refractivity contribution in [2.75, 3.05) is 11.9 Å². The lowest BCUT2D eigenvalue weighted by Crippen LogP contribution is -2.43. The van der Waals surface area contributed by atoms with Crippen molar-refractivity contribution in [3.63, 3.8) is 0 Å². The van der Waals surface area contributed by atoms with Gasteiger partial charge in [-0.1, -0.05) is 0 Å². The Morgan fingerprint density at radius 3 is 2.86 bits per heavy atom. The van der Waals surface area contributed by atoms with Crippen LogP contribution in [0.25, 0.3) is 0 Å². The van der Waals surface area contributed by atoms with Gasteiger partial charge in [-0.25, -0.2) is 9.18 Å². The molecule has 0 saturated carbocycles. The summed E-state index contributed by atoms with van der Waals surface area (Å²) < 4.78 is 16.1. The molecule has 1 aliphatic heterocycles. The number of carbonyl (C=O) groups is 1. The second kappa shape index (κ2) is 6.09. The second-order valence-corrected chi connectivity index (χ2v) is 6.09. The molecule has 1 aromatic carbocycles. The molecule has 1 unspecified atom stereocenters. The lowest BCUT2D eigenvalue weighted by atomic mass is 10.1. The smallest absolute Gasteiger partial charge is 0.377 e. The Bertz CT molecular complexity index is 779. The Morgan fingerprint density at radius 1 is 1.41 bits per heavy atom. The van der Waals surface area contributed by atoms with E-state index in [1.54, 1.807) is 18.2 Å². The van der Waals surface area contributed by atoms with Crippen LogP contribution in [0.1, 0.15) is 10.4 Å². The summed E-state index contributed by atoms with van der Waals surface area (Å²) >= 11 is 2.02. The average Bonchev–Trinajstić information content (AvgIpc) is 2.47. The highest BCUT2D eigenvalue weighted by atomic mass is 127. The molecule has 0 radical (unpaired) electrons. The molecule has 3 rings (SSSR count). The number of aromatic nitrogens is 1. The Labute approximate surface area is 139 Å². The van der Waals surface area contributed by atoms with Gasteiger partial charge in [-0.3, -0.25) is 4.98 Å². The summed E-state index contributed by atoms with van der Waals surface area (Å²) in [5.74, 6) is -0.666. The molecule has 1 aliphatic rings. The number of anilines is 2. The topological polar surface area (TPSA) is 65.2 Å². The van der Waals surface area contributed by atoms with E-state index in [2.05, 4.69) is 10.3 Å². The van der Waals surface area contributed by atoms with Crippen LogP contribution in [0.4, 0.5) is 15.8 Å². The fourth-order valence-electron chi connectivity index (χ4n) is 2.10. The number of β-amino-alcohol motifs (C(OH)–C–C–N with tert-alkyl or cyclic N) is 1. The average molecular weight is 412 g/mol. The van der Waals surface area contributed by atoms with E-state index in [-0.39, 0.29) is 18.1 Å². The summed E-state index contributed by atoms with van der Waals surface area (Å²) in [6, 6.07) is 6.34. The minimum absolute atomic E-state index is 0.262. The van der Waals surface area contributed by atoms with Crippen molar-refractivity contribution >= 4 is 46.1 Å². The van der Waals surface area contributed by atoms with Crippen molar-refractivity contribution in [3.05, 3.63) is 51.6 Å². The summed E-state index contributed by atoms with van der Waals surface area (Å²) in [4.78, 5) is 16.3. The molecule has 5 nitrogen and oxygen atoms in total. The van der Waals surface area contributed by atoms with Gasteiger partial charge >= 0.3 is 5.91 Å². The van der Waals surface area contributed by atoms with E-state index in [0.29, 0.717) is 11.3 Å². The van der Waals surface area contributed by atoms with E-state index in [1.165, 1.54) is 29.3 Å². The maximum absolute atomic E-state index is 13.9. The molecule has 1 amide bonds. The largest absolute Gasteiger partial charge is 0.421 e. The lowest BCUT2D eigenvalue weighted by molar-refractivity contribution is -0.465. The zero-order valence-corrected chi connectivity index (χ0v) is 13.5. The van der Waals surface area contributed by atoms with Crippen LogP contribution >= 0.6 is 22.6 Å². The fourth-order valence-corrected chi connectivity index (χ4v) is 2.55. The SMILES string of the molecule is O=C(c1ccncc1Nc1ccc(I)cc1F)[N+]1=CC(O)C1. The summed E-state index contributed by atoms with van der Waals surface area (Å²) in [5, 5.41) is 12.2. The minimum Gasteiger partial charge on any atom is -0.377 e. The highest BCUT2D eigenvalue weighted by Crippen LogP contribution is 2.24. The van der Waals surface area contributed by atoms with Gasteiger partial charge in [0, 0.05) is 9.77 Å². The molecule has 7 heteroatoms. The van der Waals surface area contributed by atoms with Gasteiger partial charge < -0.3 is 10.4 Å². The molecular weight excluding hydrogens is 400 g/mol. The number of carbonyl (C=O) groups excluding carboxylic acids is 1. The monoisotopic (exact) mass is 412 g/mol. The van der Waals surface area contributed by atoms with Crippen molar-refractivity contribution < 1.29 is 18.9 Å². The fraction of sp³-hybridized carbons (Fsp3) is 0.133. The van der Waals surface area contributed by atoms with Crippen molar-refractivity contribution in [2.24, 2.45) is 0 Å². The molecule has 0 bridgehead atoms. The first kappa shape index (κ1) is 15.0. The molecule has 0 spiro atoms.